The van der Waals surface area contributed by atoms with Crippen LogP contribution in [0.4, 0.5) is 0 Å². The summed E-state index contributed by atoms with van der Waals surface area (Å²) >= 11 is 0. The maximum Gasteiger partial charge on any atom is 0.397 e. The monoisotopic (exact) mass is 1270 g/mol. The number of fused-ring (bicyclic) bond motifs is 5. The van der Waals surface area contributed by atoms with E-state index in [1.165, 1.54) is 20.8 Å². The second-order valence-corrected chi connectivity index (χ2v) is 28.2. The zero-order valence-electron chi connectivity index (χ0n) is 50.2. The maximum atomic E-state index is 13.3. The number of aliphatic hydroxyl groups excluding tert-OH is 13. The van der Waals surface area contributed by atoms with Crippen LogP contribution in [0.5, 0.6) is 0 Å². The van der Waals surface area contributed by atoms with E-state index in [2.05, 4.69) is 13.0 Å². The van der Waals surface area contributed by atoms with Crippen LogP contribution in [0.15, 0.2) is 11.6 Å². The van der Waals surface area contributed by atoms with Crippen LogP contribution >= 0.6 is 0 Å². The van der Waals surface area contributed by atoms with E-state index < -0.39 is 212 Å². The Kier molecular flexibility index (Phi) is 21.6. The van der Waals surface area contributed by atoms with Gasteiger partial charge in [0.2, 0.25) is 0 Å². The highest BCUT2D eigenvalue weighted by Crippen LogP contribution is 2.67. The molecule has 9 rings (SSSR count). The molecule has 8 fully saturated rings. The minimum absolute atomic E-state index is 0.00896. The fourth-order valence-corrected chi connectivity index (χ4v) is 16.6. The van der Waals surface area contributed by atoms with Gasteiger partial charge in [0.05, 0.1) is 49.3 Å². The zero-order valence-corrected chi connectivity index (χ0v) is 51.0. The molecule has 502 valence electrons. The van der Waals surface area contributed by atoms with Gasteiger partial charge in [0.15, 0.2) is 31.5 Å². The largest absolute Gasteiger partial charge is 0.397 e. The molecule has 87 heavy (non-hydrogen) atoms. The molecule has 0 aromatic carbocycles. The molecule has 0 unspecified atom stereocenters. The smallest absolute Gasteiger partial charge is 0.394 e. The molecule has 5 heterocycles. The van der Waals surface area contributed by atoms with Crippen LogP contribution in [-0.4, -0.2) is 275 Å². The van der Waals surface area contributed by atoms with Crippen molar-refractivity contribution >= 4 is 16.2 Å². The summed E-state index contributed by atoms with van der Waals surface area (Å²) < 4.78 is 102. The summed E-state index contributed by atoms with van der Waals surface area (Å²) in [5.74, 6) is -1.22. The van der Waals surface area contributed by atoms with E-state index in [4.69, 9.17) is 51.6 Å². The molecule has 0 aromatic heterocycles. The number of allylic oxidation sites excluding steroid dienone is 2. The Labute approximate surface area is 505 Å². The van der Waals surface area contributed by atoms with Crippen molar-refractivity contribution in [1.82, 2.24) is 0 Å². The molecule has 5 saturated heterocycles. The summed E-state index contributed by atoms with van der Waals surface area (Å²) in [6.45, 7) is 11.9. The number of rotatable bonds is 19. The minimum atomic E-state index is -4.95. The second-order valence-electron chi connectivity index (χ2n) is 27.1. The molecule has 0 radical (unpaired) electrons. The first kappa shape index (κ1) is 69.7. The number of hydrogen-bond donors (Lipinski definition) is 15. The zero-order chi connectivity index (χ0) is 63.9. The Balaban J connectivity index is 1.05. The number of aliphatic hydroxyl groups is 14. The summed E-state index contributed by atoms with van der Waals surface area (Å²) in [7, 11) is -4.95. The van der Waals surface area contributed by atoms with E-state index in [-0.39, 0.29) is 55.1 Å². The van der Waals surface area contributed by atoms with E-state index in [1.807, 2.05) is 20.8 Å². The Morgan fingerprint density at radius 2 is 1.09 bits per heavy atom. The van der Waals surface area contributed by atoms with E-state index >= 15 is 0 Å². The van der Waals surface area contributed by atoms with Crippen LogP contribution in [0, 0.1) is 40.4 Å². The SMILES string of the molecule is CC(C)CC(=O)C[C@](C)(O)[C@H]1CC[C@H]2[C@@H]3C[C@H](O[C@@H]4O[C@H](CO)[C@@H](O)[C@H](O)[C@H]4O[C@@H]4O[C@H](CO)[C@@H](O[C@@H]5O[C@H](C)[C@H](O)[C@H](O)[C@H]5O[C@@H]5O[C@H](C)[C@H](O)[C@H](O)[C@H]5O)[C@H](O)[C@H]4O[C@@H]4O[C@H](C)[C@@H](O)[C@H](O)[C@H]4O)[C@H]4C[C@@H](OS(=O)(=O)O)CC[C@]4(C)C3=CC[C@@]21C. The summed E-state index contributed by atoms with van der Waals surface area (Å²) in [6.07, 6.45) is -41.6. The molecule has 29 nitrogen and oxygen atoms in total. The molecular weight excluding hydrogens is 1180 g/mol. The standard InChI is InChI=1S/C57H94O29S/c1-21(2)15-25(60)18-57(8,72)34-10-9-28-27-17-31(30-16-26(86-87(73,74)75)11-13-55(30,6)29(27)12-14-56(28,34)7)79-53-48(42(68)38(64)32(19-58)80-53)85-54-49(84-51-44(70)40(66)36(62)23(4)77-51)45(71)46(33(20-59)81-54)82-52-47(41(67)37(63)24(5)78-52)83-50-43(69)39(65)35(61)22(3)76-50/h12,21-24,26-28,30-54,58-59,61-72H,9-11,13-20H2,1-8H3,(H,73,74,75)/t22-,23-,24-,26+,27+,28+,30-,31+,32-,33-,34+,35+,36-,37+,38-,39+,40+,41+,42+,43-,44-,45+,46-,47-,48-,49-,50+,51+,52+,53-,54+,55-,56+,57+/m1/s1. The molecular formula is C57H94O29S. The summed E-state index contributed by atoms with van der Waals surface area (Å²) in [4.78, 5) is 13.3. The number of carbonyl (C=O) groups is 1. The van der Waals surface area contributed by atoms with Gasteiger partial charge >= 0.3 is 10.4 Å². The van der Waals surface area contributed by atoms with Gasteiger partial charge in [-0.1, -0.05) is 39.3 Å². The normalized spacial score (nSPS) is 51.2. The van der Waals surface area contributed by atoms with Crippen LogP contribution in [0.25, 0.3) is 0 Å². The van der Waals surface area contributed by atoms with Crippen molar-refractivity contribution in [3.63, 3.8) is 0 Å². The van der Waals surface area contributed by atoms with E-state index in [1.54, 1.807) is 6.92 Å². The van der Waals surface area contributed by atoms with Crippen molar-refractivity contribution < 1.29 is 141 Å². The number of ketones is 1. The first-order valence-electron chi connectivity index (χ1n) is 30.5. The van der Waals surface area contributed by atoms with Crippen molar-refractivity contribution in [3.05, 3.63) is 11.6 Å². The predicted molar refractivity (Wildman–Crippen MR) is 292 cm³/mol. The van der Waals surface area contributed by atoms with Crippen molar-refractivity contribution in [1.29, 1.82) is 0 Å². The number of ether oxygens (including phenoxy) is 10. The average molecular weight is 1280 g/mol. The van der Waals surface area contributed by atoms with Crippen molar-refractivity contribution in [2.45, 2.75) is 285 Å². The highest BCUT2D eigenvalue weighted by atomic mass is 32.3. The lowest BCUT2D eigenvalue weighted by Gasteiger charge is -2.60. The molecule has 0 bridgehead atoms. The van der Waals surface area contributed by atoms with Crippen LogP contribution < -0.4 is 0 Å². The van der Waals surface area contributed by atoms with Crippen LogP contribution in [0.1, 0.15) is 113 Å². The predicted octanol–water partition coefficient (Wildman–Crippen LogP) is -3.32. The van der Waals surface area contributed by atoms with E-state index in [0.717, 1.165) is 5.57 Å². The van der Waals surface area contributed by atoms with Crippen LogP contribution in [0.2, 0.25) is 0 Å². The van der Waals surface area contributed by atoms with E-state index in [0.29, 0.717) is 32.1 Å². The fraction of sp³-hybridized carbons (Fsp3) is 0.947. The third-order valence-electron chi connectivity index (χ3n) is 20.7. The van der Waals surface area contributed by atoms with Crippen LogP contribution in [0.3, 0.4) is 0 Å². The molecule has 4 aliphatic carbocycles. The van der Waals surface area contributed by atoms with Gasteiger partial charge in [-0.2, -0.15) is 8.42 Å². The van der Waals surface area contributed by atoms with Crippen molar-refractivity contribution in [2.75, 3.05) is 13.2 Å². The van der Waals surface area contributed by atoms with Gasteiger partial charge in [0.25, 0.3) is 0 Å². The number of Topliss-reactive ketones (excluding diaryl/α,β-unsaturated/α-hetero) is 1. The highest BCUT2D eigenvalue weighted by Gasteiger charge is 2.64. The van der Waals surface area contributed by atoms with Crippen molar-refractivity contribution in [3.8, 4) is 0 Å². The lowest BCUT2D eigenvalue weighted by Crippen LogP contribution is -2.69. The first-order valence-corrected chi connectivity index (χ1v) is 31.9. The molecule has 3 saturated carbocycles. The number of hydrogen-bond acceptors (Lipinski definition) is 28. The van der Waals surface area contributed by atoms with Crippen molar-refractivity contribution in [2.24, 2.45) is 40.4 Å². The Bertz CT molecular complexity index is 2480. The van der Waals surface area contributed by atoms with Gasteiger partial charge in [-0.15, -0.1) is 0 Å². The summed E-state index contributed by atoms with van der Waals surface area (Å²) in [6, 6.07) is 0. The van der Waals surface area contributed by atoms with Gasteiger partial charge in [-0.05, 0) is 113 Å². The fourth-order valence-electron chi connectivity index (χ4n) is 16.1. The number of carbonyl (C=O) groups excluding carboxylic acids is 1. The molecule has 0 spiro atoms. The topological polar surface area (TPSA) is 456 Å². The first-order chi connectivity index (χ1) is 40.6. The Morgan fingerprint density at radius 1 is 0.609 bits per heavy atom. The second kappa shape index (κ2) is 27.0. The molecule has 5 aliphatic heterocycles. The molecule has 0 aromatic rings. The van der Waals surface area contributed by atoms with Gasteiger partial charge in [-0.25, -0.2) is 4.18 Å². The third-order valence-corrected chi connectivity index (χ3v) is 21.2. The maximum absolute atomic E-state index is 13.3. The van der Waals surface area contributed by atoms with Gasteiger partial charge < -0.3 is 119 Å². The average Bonchev–Trinajstić information content (AvgIpc) is 1.71. The van der Waals surface area contributed by atoms with Gasteiger partial charge in [0.1, 0.15) is 110 Å². The summed E-state index contributed by atoms with van der Waals surface area (Å²) in [5, 5.41) is 157. The van der Waals surface area contributed by atoms with Crippen LogP contribution in [-0.2, 0) is 66.7 Å². The molecule has 9 aliphatic rings. The van der Waals surface area contributed by atoms with Gasteiger partial charge in [0, 0.05) is 12.8 Å². The lowest BCUT2D eigenvalue weighted by atomic mass is 9.47. The highest BCUT2D eigenvalue weighted by molar-refractivity contribution is 7.80. The molecule has 0 amide bonds. The Morgan fingerprint density at radius 3 is 1.64 bits per heavy atom. The molecule has 30 heteroatoms. The molecule has 34 atom stereocenters. The van der Waals surface area contributed by atoms with Gasteiger partial charge in [-0.3, -0.25) is 9.35 Å². The molecule has 15 N–H and O–H groups in total. The quantitative estimate of drug-likeness (QED) is 0.0445. The lowest BCUT2D eigenvalue weighted by molar-refractivity contribution is -0.412. The summed E-state index contributed by atoms with van der Waals surface area (Å²) in [5.41, 5.74) is -1.55. The minimum Gasteiger partial charge on any atom is -0.394 e. The van der Waals surface area contributed by atoms with E-state index in [9.17, 15) is 89.3 Å². The third kappa shape index (κ3) is 13.8. The Hall–Kier alpha value is -1.68.